The Hall–Kier alpha value is 0. The second-order valence-electron chi connectivity index (χ2n) is 5.02. The summed E-state index contributed by atoms with van der Waals surface area (Å²) in [6.45, 7) is 10.1. The predicted molar refractivity (Wildman–Crippen MR) is 81.6 cm³/mol. The molecule has 0 bridgehead atoms. The van der Waals surface area contributed by atoms with Crippen molar-refractivity contribution < 1.29 is 0 Å². The number of rotatable bonds is 2. The van der Waals surface area contributed by atoms with Crippen LogP contribution in [0.25, 0.3) is 0 Å². The highest BCUT2D eigenvalue weighted by molar-refractivity contribution is 14.0. The Kier molecular flexibility index (Phi) is 8.14. The van der Waals surface area contributed by atoms with Crippen LogP contribution in [0.3, 0.4) is 0 Å². The molecule has 0 radical (unpaired) electrons. The van der Waals surface area contributed by atoms with Crippen LogP contribution in [-0.2, 0) is 0 Å². The first kappa shape index (κ1) is 16.0. The first-order valence-corrected chi connectivity index (χ1v) is 6.09. The molecule has 0 aliphatic carbocycles. The Morgan fingerprint density at radius 3 is 2.69 bits per heavy atom. The lowest BCUT2D eigenvalue weighted by Crippen LogP contribution is -2.47. The number of piperidine rings is 1. The molecule has 1 rings (SSSR count). The van der Waals surface area contributed by atoms with E-state index in [1.165, 1.54) is 12.8 Å². The van der Waals surface area contributed by atoms with E-state index in [2.05, 4.69) is 36.0 Å². The molecule has 1 saturated heterocycles. The summed E-state index contributed by atoms with van der Waals surface area (Å²) in [5.74, 6) is 2.55. The van der Waals surface area contributed by atoms with Crippen molar-refractivity contribution in [2.45, 2.75) is 33.6 Å². The molecule has 1 atom stereocenters. The second-order valence-corrected chi connectivity index (χ2v) is 5.02. The molecular formula is C12H26IN3. The van der Waals surface area contributed by atoms with Gasteiger partial charge < -0.3 is 10.2 Å². The van der Waals surface area contributed by atoms with E-state index in [1.54, 1.807) is 0 Å². The van der Waals surface area contributed by atoms with E-state index in [0.29, 0.717) is 5.92 Å². The van der Waals surface area contributed by atoms with Gasteiger partial charge in [-0.05, 0) is 24.7 Å². The Bertz CT molecular complexity index is 216. The first-order valence-electron chi connectivity index (χ1n) is 6.09. The molecule has 1 aliphatic rings. The van der Waals surface area contributed by atoms with Crippen molar-refractivity contribution in [2.75, 3.05) is 26.7 Å². The minimum atomic E-state index is 0. The maximum Gasteiger partial charge on any atom is 0.193 e. The zero-order valence-corrected chi connectivity index (χ0v) is 13.3. The molecule has 0 spiro atoms. The Balaban J connectivity index is 0.00000225. The molecule has 1 unspecified atom stereocenters. The molecule has 0 amide bonds. The summed E-state index contributed by atoms with van der Waals surface area (Å²) in [6, 6.07) is 0. The third-order valence-corrected chi connectivity index (χ3v) is 2.84. The zero-order valence-electron chi connectivity index (χ0n) is 11.0. The Labute approximate surface area is 117 Å². The quantitative estimate of drug-likeness (QED) is 0.476. The van der Waals surface area contributed by atoms with Gasteiger partial charge in [0, 0.05) is 26.7 Å². The molecule has 0 saturated carbocycles. The van der Waals surface area contributed by atoms with E-state index < -0.39 is 0 Å². The molecule has 1 N–H and O–H groups in total. The third-order valence-electron chi connectivity index (χ3n) is 2.84. The number of nitrogens with zero attached hydrogens (tertiary/aromatic N) is 2. The molecular weight excluding hydrogens is 313 g/mol. The molecule has 1 aliphatic heterocycles. The topological polar surface area (TPSA) is 27.6 Å². The van der Waals surface area contributed by atoms with Gasteiger partial charge in [0.1, 0.15) is 0 Å². The Morgan fingerprint density at radius 2 is 2.19 bits per heavy atom. The molecule has 16 heavy (non-hydrogen) atoms. The van der Waals surface area contributed by atoms with E-state index >= 15 is 0 Å². The maximum absolute atomic E-state index is 4.35. The fraction of sp³-hybridized carbons (Fsp3) is 0.917. The van der Waals surface area contributed by atoms with Crippen LogP contribution in [0.5, 0.6) is 0 Å². The first-order chi connectivity index (χ1) is 7.13. The minimum Gasteiger partial charge on any atom is -0.356 e. The Morgan fingerprint density at radius 1 is 1.50 bits per heavy atom. The van der Waals surface area contributed by atoms with Gasteiger partial charge in [-0.1, -0.05) is 20.8 Å². The summed E-state index contributed by atoms with van der Waals surface area (Å²) in [7, 11) is 1.88. The van der Waals surface area contributed by atoms with Gasteiger partial charge in [0.2, 0.25) is 0 Å². The fourth-order valence-electron chi connectivity index (χ4n) is 2.01. The number of hydrogen-bond donors (Lipinski definition) is 1. The molecule has 96 valence electrons. The average Bonchev–Trinajstić information content (AvgIpc) is 2.18. The summed E-state index contributed by atoms with van der Waals surface area (Å²) < 4.78 is 0. The highest BCUT2D eigenvalue weighted by Crippen LogP contribution is 2.15. The normalized spacial score (nSPS) is 21.9. The molecule has 0 aromatic heterocycles. The van der Waals surface area contributed by atoms with E-state index in [9.17, 15) is 0 Å². The largest absolute Gasteiger partial charge is 0.356 e. The molecule has 3 nitrogen and oxygen atoms in total. The van der Waals surface area contributed by atoms with Crippen molar-refractivity contribution in [1.29, 1.82) is 0 Å². The van der Waals surface area contributed by atoms with Crippen LogP contribution in [0.1, 0.15) is 33.6 Å². The highest BCUT2D eigenvalue weighted by Gasteiger charge is 2.18. The SMILES string of the molecule is CN=C(NCC(C)C)N1CCCC(C)C1.I. The van der Waals surface area contributed by atoms with E-state index in [-0.39, 0.29) is 24.0 Å². The lowest BCUT2D eigenvalue weighted by molar-refractivity contribution is 0.265. The number of guanidine groups is 1. The van der Waals surface area contributed by atoms with Crippen molar-refractivity contribution in [1.82, 2.24) is 10.2 Å². The number of nitrogens with one attached hydrogen (secondary N) is 1. The highest BCUT2D eigenvalue weighted by atomic mass is 127. The summed E-state index contributed by atoms with van der Waals surface area (Å²) >= 11 is 0. The number of hydrogen-bond acceptors (Lipinski definition) is 1. The van der Waals surface area contributed by atoms with Crippen LogP contribution in [0.4, 0.5) is 0 Å². The van der Waals surface area contributed by atoms with Crippen LogP contribution in [0.15, 0.2) is 4.99 Å². The maximum atomic E-state index is 4.35. The summed E-state index contributed by atoms with van der Waals surface area (Å²) in [4.78, 5) is 6.74. The predicted octanol–water partition coefficient (Wildman–Crippen LogP) is 2.57. The van der Waals surface area contributed by atoms with E-state index in [1.807, 2.05) is 7.05 Å². The molecule has 4 heteroatoms. The van der Waals surface area contributed by atoms with Gasteiger partial charge in [0.25, 0.3) is 0 Å². The van der Waals surface area contributed by atoms with Crippen molar-refractivity contribution in [2.24, 2.45) is 16.8 Å². The van der Waals surface area contributed by atoms with Crippen LogP contribution < -0.4 is 5.32 Å². The van der Waals surface area contributed by atoms with Crippen molar-refractivity contribution in [3.05, 3.63) is 0 Å². The molecule has 0 aromatic rings. The number of halogens is 1. The minimum absolute atomic E-state index is 0. The second kappa shape index (κ2) is 8.14. The molecule has 1 heterocycles. The van der Waals surface area contributed by atoms with Crippen LogP contribution in [-0.4, -0.2) is 37.5 Å². The van der Waals surface area contributed by atoms with Gasteiger partial charge in [0.05, 0.1) is 0 Å². The third kappa shape index (κ3) is 5.37. The number of aliphatic imine (C=N–C) groups is 1. The van der Waals surface area contributed by atoms with Gasteiger partial charge in [0.15, 0.2) is 5.96 Å². The van der Waals surface area contributed by atoms with E-state index in [0.717, 1.165) is 31.5 Å². The molecule has 0 aromatic carbocycles. The van der Waals surface area contributed by atoms with Crippen molar-refractivity contribution >= 4 is 29.9 Å². The van der Waals surface area contributed by atoms with Gasteiger partial charge in [-0.15, -0.1) is 24.0 Å². The van der Waals surface area contributed by atoms with Crippen molar-refractivity contribution in [3.63, 3.8) is 0 Å². The van der Waals surface area contributed by atoms with Crippen LogP contribution in [0, 0.1) is 11.8 Å². The average molecular weight is 339 g/mol. The number of likely N-dealkylation sites (tertiary alicyclic amines) is 1. The lowest BCUT2D eigenvalue weighted by atomic mass is 10.0. The van der Waals surface area contributed by atoms with Crippen LogP contribution in [0.2, 0.25) is 0 Å². The monoisotopic (exact) mass is 339 g/mol. The summed E-state index contributed by atoms with van der Waals surface area (Å²) in [5, 5.41) is 3.44. The van der Waals surface area contributed by atoms with Gasteiger partial charge in [-0.2, -0.15) is 0 Å². The molecule has 1 fully saturated rings. The smallest absolute Gasteiger partial charge is 0.193 e. The standard InChI is InChI=1S/C12H25N3.HI/c1-10(2)8-14-12(13-4)15-7-5-6-11(3)9-15;/h10-11H,5-9H2,1-4H3,(H,13,14);1H. The van der Waals surface area contributed by atoms with E-state index in [4.69, 9.17) is 0 Å². The van der Waals surface area contributed by atoms with Gasteiger partial charge >= 0.3 is 0 Å². The zero-order chi connectivity index (χ0) is 11.3. The fourth-order valence-corrected chi connectivity index (χ4v) is 2.01. The van der Waals surface area contributed by atoms with Crippen LogP contribution >= 0.6 is 24.0 Å². The van der Waals surface area contributed by atoms with Gasteiger partial charge in [-0.25, -0.2) is 0 Å². The summed E-state index contributed by atoms with van der Waals surface area (Å²) in [6.07, 6.45) is 2.65. The van der Waals surface area contributed by atoms with Crippen molar-refractivity contribution in [3.8, 4) is 0 Å². The lowest BCUT2D eigenvalue weighted by Gasteiger charge is -2.33. The van der Waals surface area contributed by atoms with Gasteiger partial charge in [-0.3, -0.25) is 4.99 Å². The summed E-state index contributed by atoms with van der Waals surface area (Å²) in [5.41, 5.74) is 0.